The molecule has 8 rings (SSSR count). The molecule has 5 aliphatic heterocycles. The van der Waals surface area contributed by atoms with Crippen molar-refractivity contribution in [3.05, 3.63) is 85.5 Å². The molecule has 0 aromatic heterocycles. The van der Waals surface area contributed by atoms with Crippen LogP contribution in [0, 0.1) is 0 Å². The Kier molecular flexibility index (Phi) is 5.63. The van der Waals surface area contributed by atoms with Crippen molar-refractivity contribution in [2.75, 3.05) is 31.1 Å². The lowest BCUT2D eigenvalue weighted by molar-refractivity contribution is -0.132. The number of carboxylic acids is 1. The average Bonchev–Trinajstić information content (AvgIpc) is 3.21. The van der Waals surface area contributed by atoms with E-state index in [9.17, 15) is 14.7 Å². The highest BCUT2D eigenvalue weighted by Crippen LogP contribution is 2.49. The second-order valence-electron chi connectivity index (χ2n) is 12.3. The van der Waals surface area contributed by atoms with Gasteiger partial charge in [-0.15, -0.1) is 0 Å². The topological polar surface area (TPSA) is 69.8 Å². The van der Waals surface area contributed by atoms with Gasteiger partial charge < -0.3 is 14.7 Å². The zero-order valence-corrected chi connectivity index (χ0v) is 23.6. The number of rotatable bonds is 3. The highest BCUT2D eigenvalue weighted by molar-refractivity contribution is 6.04. The normalized spacial score (nSPS) is 20.3. The highest BCUT2D eigenvalue weighted by atomic mass is 16.5. The Morgan fingerprint density at radius 1 is 0.902 bits per heavy atom. The van der Waals surface area contributed by atoms with E-state index in [-0.39, 0.29) is 11.4 Å². The quantitative estimate of drug-likeness (QED) is 0.590. The fourth-order valence-electron chi connectivity index (χ4n) is 8.15. The average molecular weight is 548 g/mol. The van der Waals surface area contributed by atoms with Gasteiger partial charge in [0.2, 0.25) is 5.36 Å². The third-order valence-corrected chi connectivity index (χ3v) is 9.91. The van der Waals surface area contributed by atoms with Gasteiger partial charge in [-0.2, -0.15) is 0 Å². The maximum absolute atomic E-state index is 12.8. The molecule has 0 atom stereocenters. The molecule has 6 nitrogen and oxygen atoms in total. The summed E-state index contributed by atoms with van der Waals surface area (Å²) in [5, 5.41) is 12.8. The lowest BCUT2D eigenvalue weighted by atomic mass is 9.81. The Labute approximate surface area is 239 Å². The number of hydrogen-bond donors (Lipinski definition) is 1. The zero-order chi connectivity index (χ0) is 27.8. The van der Waals surface area contributed by atoms with Crippen LogP contribution in [-0.4, -0.2) is 43.0 Å². The number of aryl methyl sites for hydroxylation is 2. The van der Waals surface area contributed by atoms with Crippen molar-refractivity contribution >= 4 is 23.0 Å². The largest absolute Gasteiger partial charge is 0.478 e. The van der Waals surface area contributed by atoms with Crippen molar-refractivity contribution in [1.82, 2.24) is 4.58 Å². The molecular formula is C35H35N2O4+. The summed E-state index contributed by atoms with van der Waals surface area (Å²) in [6.45, 7) is 5.87. The number of anilines is 1. The number of carbonyl (C=O) groups excluding carboxylic acids is 1. The Hall–Kier alpha value is -3.93. The van der Waals surface area contributed by atoms with E-state index in [2.05, 4.69) is 21.6 Å². The van der Waals surface area contributed by atoms with Gasteiger partial charge in [0.05, 0.1) is 11.1 Å². The molecule has 41 heavy (non-hydrogen) atoms. The summed E-state index contributed by atoms with van der Waals surface area (Å²) >= 11 is 0. The Bertz CT molecular complexity index is 1800. The van der Waals surface area contributed by atoms with Gasteiger partial charge in [0.25, 0.3) is 0 Å². The number of carbonyl (C=O) groups is 2. The Morgan fingerprint density at radius 3 is 2.46 bits per heavy atom. The maximum atomic E-state index is 12.8. The van der Waals surface area contributed by atoms with Crippen LogP contribution in [0.25, 0.3) is 5.57 Å². The first-order chi connectivity index (χ1) is 20.0. The van der Waals surface area contributed by atoms with Crippen LogP contribution in [0.1, 0.15) is 66.8 Å². The van der Waals surface area contributed by atoms with Crippen LogP contribution in [0.4, 0.5) is 5.69 Å². The van der Waals surface area contributed by atoms with Crippen molar-refractivity contribution in [3.63, 3.8) is 0 Å². The van der Waals surface area contributed by atoms with E-state index in [1.807, 2.05) is 12.2 Å². The summed E-state index contributed by atoms with van der Waals surface area (Å²) in [4.78, 5) is 27.7. The fraction of sp³-hybridized carbons (Fsp3) is 0.400. The van der Waals surface area contributed by atoms with Crippen LogP contribution in [0.2, 0.25) is 0 Å². The van der Waals surface area contributed by atoms with Crippen molar-refractivity contribution < 1.29 is 19.4 Å². The maximum Gasteiger partial charge on any atom is 0.336 e. The first kappa shape index (κ1) is 24.8. The second-order valence-corrected chi connectivity index (χ2v) is 12.3. The minimum Gasteiger partial charge on any atom is -0.478 e. The molecular weight excluding hydrogens is 512 g/mol. The van der Waals surface area contributed by atoms with Crippen molar-refractivity contribution in [1.29, 1.82) is 0 Å². The number of ether oxygens (including phenoxy) is 1. The van der Waals surface area contributed by atoms with E-state index in [4.69, 9.17) is 4.74 Å². The van der Waals surface area contributed by atoms with E-state index in [0.29, 0.717) is 17.6 Å². The summed E-state index contributed by atoms with van der Waals surface area (Å²) in [6, 6.07) is 4.59. The number of carboxylic acid groups (broad SMARTS) is 1. The van der Waals surface area contributed by atoms with Crippen molar-refractivity contribution in [2.45, 2.75) is 64.7 Å². The Balaban J connectivity index is 1.52. The van der Waals surface area contributed by atoms with Gasteiger partial charge in [0.15, 0.2) is 5.78 Å². The van der Waals surface area contributed by atoms with Gasteiger partial charge in [-0.25, -0.2) is 9.37 Å². The molecule has 0 spiro atoms. The smallest absolute Gasteiger partial charge is 0.336 e. The molecule has 0 fully saturated rings. The summed E-state index contributed by atoms with van der Waals surface area (Å²) in [5.41, 5.74) is 10.1. The van der Waals surface area contributed by atoms with Gasteiger partial charge in [-0.1, -0.05) is 18.2 Å². The van der Waals surface area contributed by atoms with Gasteiger partial charge in [0, 0.05) is 59.1 Å². The molecule has 1 aliphatic carbocycles. The predicted octanol–water partition coefficient (Wildman–Crippen LogP) is 3.93. The summed E-state index contributed by atoms with van der Waals surface area (Å²) in [7, 11) is 0. The van der Waals surface area contributed by atoms with Crippen LogP contribution in [0.15, 0.2) is 47.1 Å². The number of nitrogens with zero attached hydrogens (tertiary/aromatic N) is 2. The van der Waals surface area contributed by atoms with Gasteiger partial charge in [-0.3, -0.25) is 4.79 Å². The summed E-state index contributed by atoms with van der Waals surface area (Å²) < 4.78 is 9.62. The van der Waals surface area contributed by atoms with Crippen molar-refractivity contribution in [3.8, 4) is 11.5 Å². The minimum absolute atomic E-state index is 0.0292. The molecule has 0 saturated carbocycles. The molecule has 6 heteroatoms. The summed E-state index contributed by atoms with van der Waals surface area (Å²) in [6.07, 6.45) is 14.2. The molecule has 5 heterocycles. The van der Waals surface area contributed by atoms with E-state index < -0.39 is 5.97 Å². The van der Waals surface area contributed by atoms with Crippen LogP contribution < -0.4 is 24.8 Å². The van der Waals surface area contributed by atoms with Gasteiger partial charge in [0.1, 0.15) is 24.6 Å². The first-order valence-corrected chi connectivity index (χ1v) is 15.3. The SMILES string of the molecule is CC(=O)C1=CC=C(C2=c3cc4c5c(c3Oc3c2cc2c6c3CCCN6CCC2)CCC[N+]=5CCC4)C(C(=O)O)=CC1. The molecule has 6 aliphatic rings. The third kappa shape index (κ3) is 3.72. The molecule has 208 valence electrons. The van der Waals surface area contributed by atoms with E-state index in [0.717, 1.165) is 105 Å². The molecule has 0 saturated heterocycles. The number of hydrogen-bond acceptors (Lipinski definition) is 4. The monoisotopic (exact) mass is 547 g/mol. The number of allylic oxidation sites excluding steroid dienone is 4. The number of fused-ring (bicyclic) bond motifs is 4. The lowest BCUT2D eigenvalue weighted by Crippen LogP contribution is -2.45. The number of Topliss-reactive ketones (excluding diaryl/α,β-unsaturated/α-hetero) is 1. The van der Waals surface area contributed by atoms with E-state index in [1.54, 1.807) is 13.0 Å². The molecule has 2 aromatic carbocycles. The van der Waals surface area contributed by atoms with Crippen LogP contribution in [-0.2, 0) is 35.3 Å². The van der Waals surface area contributed by atoms with Crippen LogP contribution >= 0.6 is 0 Å². The number of ketones is 1. The van der Waals surface area contributed by atoms with Crippen molar-refractivity contribution in [2.24, 2.45) is 0 Å². The molecule has 0 amide bonds. The number of benzene rings is 2. The number of aliphatic carboxylic acids is 1. The minimum atomic E-state index is -0.965. The fourth-order valence-corrected chi connectivity index (χ4v) is 8.15. The van der Waals surface area contributed by atoms with Crippen LogP contribution in [0.5, 0.6) is 11.5 Å². The molecule has 0 radical (unpaired) electrons. The molecule has 0 bridgehead atoms. The third-order valence-electron chi connectivity index (χ3n) is 9.91. The standard InChI is InChI=1S/C35H34N2O4/c1-20(38)21-10-12-24(25(13-11-21)35(39)40)30-28-18-22-6-2-14-36-16-4-8-26(31(22)36)33(28)41-34-27-9-5-17-37-15-3-7-23(32(27)37)19-29(30)34/h10,12-13,18-19H,2-9,11,14-17H2,1H3/p+1. The van der Waals surface area contributed by atoms with E-state index in [1.165, 1.54) is 33.3 Å². The highest BCUT2D eigenvalue weighted by Gasteiger charge is 2.37. The van der Waals surface area contributed by atoms with Crippen LogP contribution in [0.3, 0.4) is 0 Å². The first-order valence-electron chi connectivity index (χ1n) is 15.3. The lowest BCUT2D eigenvalue weighted by Gasteiger charge is -2.39. The molecule has 1 N–H and O–H groups in total. The van der Waals surface area contributed by atoms with E-state index >= 15 is 0 Å². The molecule has 2 aromatic rings. The van der Waals surface area contributed by atoms with Gasteiger partial charge >= 0.3 is 5.97 Å². The van der Waals surface area contributed by atoms with Gasteiger partial charge in [-0.05, 0) is 80.7 Å². The Morgan fingerprint density at radius 2 is 1.66 bits per heavy atom. The molecule has 0 unspecified atom stereocenters. The zero-order valence-electron chi connectivity index (χ0n) is 23.6. The predicted molar refractivity (Wildman–Crippen MR) is 158 cm³/mol. The summed E-state index contributed by atoms with van der Waals surface area (Å²) in [5.74, 6) is 0.825. The second kappa shape index (κ2) is 9.30.